The van der Waals surface area contributed by atoms with Crippen molar-refractivity contribution >= 4 is 15.7 Å². The van der Waals surface area contributed by atoms with Gasteiger partial charge in [0, 0.05) is 32.1 Å². The van der Waals surface area contributed by atoms with E-state index < -0.39 is 15.7 Å². The van der Waals surface area contributed by atoms with Crippen LogP contribution in [0.1, 0.15) is 34.9 Å². The van der Waals surface area contributed by atoms with Gasteiger partial charge in [0.05, 0.1) is 10.6 Å². The lowest BCUT2D eigenvalue weighted by Crippen LogP contribution is -2.44. The van der Waals surface area contributed by atoms with Gasteiger partial charge in [-0.15, -0.1) is 0 Å². The highest BCUT2D eigenvalue weighted by Gasteiger charge is 2.24. The fraction of sp³-hybridized carbons (Fsp3) is 0.348. The van der Waals surface area contributed by atoms with Crippen molar-refractivity contribution in [2.45, 2.75) is 36.7 Å². The molecule has 1 aliphatic heterocycles. The summed E-state index contributed by atoms with van der Waals surface area (Å²) in [6.45, 7) is 2.69. The largest absolute Gasteiger partial charge is 0.345 e. The minimum Gasteiger partial charge on any atom is -0.345 e. The summed E-state index contributed by atoms with van der Waals surface area (Å²) in [5.41, 5.74) is 1.28. The summed E-state index contributed by atoms with van der Waals surface area (Å²) in [7, 11) is -3.45. The van der Waals surface area contributed by atoms with Gasteiger partial charge in [-0.1, -0.05) is 53.7 Å². The van der Waals surface area contributed by atoms with E-state index in [1.807, 2.05) is 18.2 Å². The third kappa shape index (κ3) is 5.80. The Bertz CT molecular complexity index is 1130. The first kappa shape index (κ1) is 22.2. The number of sulfone groups is 1. The van der Waals surface area contributed by atoms with E-state index in [9.17, 15) is 13.2 Å². The van der Waals surface area contributed by atoms with E-state index >= 15 is 0 Å². The van der Waals surface area contributed by atoms with Gasteiger partial charge in [0.25, 0.3) is 0 Å². The first-order chi connectivity index (χ1) is 15.5. The summed E-state index contributed by atoms with van der Waals surface area (Å²) < 4.78 is 29.8. The number of aryl methyl sites for hydroxylation is 1. The number of amides is 1. The van der Waals surface area contributed by atoms with Crippen LogP contribution >= 0.6 is 0 Å². The quantitative estimate of drug-likeness (QED) is 0.557. The summed E-state index contributed by atoms with van der Waals surface area (Å²) in [6.07, 6.45) is 1.76. The average molecular weight is 455 g/mol. The first-order valence-electron chi connectivity index (χ1n) is 10.7. The van der Waals surface area contributed by atoms with Gasteiger partial charge < -0.3 is 9.84 Å². The van der Waals surface area contributed by atoms with Crippen LogP contribution in [0.25, 0.3) is 0 Å². The lowest BCUT2D eigenvalue weighted by Gasteiger charge is -2.32. The SMILES string of the molecule is O=C(NC1CCN(Cc2ccccc2)CC1)c1nc(CCS(=O)(=O)c2ccccc2)no1. The standard InChI is InChI=1S/C23H26N4O4S/c28-22(24-19-11-14-27(15-12-19)17-18-7-3-1-4-8-18)23-25-21(26-31-23)13-16-32(29,30)20-9-5-2-6-10-20/h1-10,19H,11-17H2,(H,24,28). The van der Waals surface area contributed by atoms with E-state index in [-0.39, 0.29) is 34.8 Å². The van der Waals surface area contributed by atoms with Crippen molar-refractivity contribution in [1.29, 1.82) is 0 Å². The van der Waals surface area contributed by atoms with E-state index in [1.54, 1.807) is 30.3 Å². The molecule has 3 aromatic rings. The zero-order valence-corrected chi connectivity index (χ0v) is 18.5. The van der Waals surface area contributed by atoms with Gasteiger partial charge in [-0.3, -0.25) is 9.69 Å². The maximum absolute atomic E-state index is 12.5. The Morgan fingerprint density at radius 2 is 1.69 bits per heavy atom. The minimum absolute atomic E-state index is 0.0448. The zero-order chi connectivity index (χ0) is 22.4. The summed E-state index contributed by atoms with van der Waals surface area (Å²) in [5.74, 6) is -0.510. The molecule has 0 bridgehead atoms. The van der Waals surface area contributed by atoms with Crippen molar-refractivity contribution in [1.82, 2.24) is 20.4 Å². The molecule has 1 saturated heterocycles. The number of carbonyl (C=O) groups is 1. The molecule has 32 heavy (non-hydrogen) atoms. The molecule has 1 fully saturated rings. The minimum atomic E-state index is -3.45. The second kappa shape index (κ2) is 10.1. The van der Waals surface area contributed by atoms with Gasteiger partial charge in [0.15, 0.2) is 15.7 Å². The number of aromatic nitrogens is 2. The summed E-state index contributed by atoms with van der Waals surface area (Å²) in [5, 5.41) is 6.72. The van der Waals surface area contributed by atoms with Gasteiger partial charge in [-0.2, -0.15) is 4.98 Å². The van der Waals surface area contributed by atoms with Crippen molar-refractivity contribution in [2.75, 3.05) is 18.8 Å². The highest BCUT2D eigenvalue weighted by Crippen LogP contribution is 2.15. The summed E-state index contributed by atoms with van der Waals surface area (Å²) in [4.78, 5) is 19.2. The Labute approximate surface area is 187 Å². The van der Waals surface area contributed by atoms with Crippen molar-refractivity contribution in [3.63, 3.8) is 0 Å². The van der Waals surface area contributed by atoms with Crippen LogP contribution < -0.4 is 5.32 Å². The predicted molar refractivity (Wildman–Crippen MR) is 119 cm³/mol. The van der Waals surface area contributed by atoms with Crippen LogP contribution in [-0.4, -0.2) is 54.2 Å². The molecule has 1 N–H and O–H groups in total. The molecule has 168 valence electrons. The van der Waals surface area contributed by atoms with Crippen molar-refractivity contribution in [3.05, 3.63) is 77.9 Å². The lowest BCUT2D eigenvalue weighted by atomic mass is 10.0. The highest BCUT2D eigenvalue weighted by molar-refractivity contribution is 7.91. The molecule has 1 aromatic heterocycles. The molecule has 0 radical (unpaired) electrons. The van der Waals surface area contributed by atoms with Gasteiger partial charge >= 0.3 is 11.8 Å². The molecular formula is C23H26N4O4S. The van der Waals surface area contributed by atoms with Crippen LogP contribution in [0.4, 0.5) is 0 Å². The van der Waals surface area contributed by atoms with E-state index in [0.29, 0.717) is 0 Å². The molecule has 4 rings (SSSR count). The molecule has 0 atom stereocenters. The van der Waals surface area contributed by atoms with Crippen LogP contribution in [0, 0.1) is 0 Å². The number of nitrogens with zero attached hydrogens (tertiary/aromatic N) is 3. The van der Waals surface area contributed by atoms with Gasteiger partial charge in [0.2, 0.25) is 0 Å². The number of benzene rings is 2. The number of rotatable bonds is 8. The van der Waals surface area contributed by atoms with E-state index in [2.05, 4.69) is 32.5 Å². The zero-order valence-electron chi connectivity index (χ0n) is 17.7. The van der Waals surface area contributed by atoms with E-state index in [1.165, 1.54) is 5.56 Å². The predicted octanol–water partition coefficient (Wildman–Crippen LogP) is 2.48. The fourth-order valence-corrected chi connectivity index (χ4v) is 5.00. The molecule has 0 spiro atoms. The summed E-state index contributed by atoms with van der Waals surface area (Å²) in [6, 6.07) is 18.6. The number of nitrogens with one attached hydrogen (secondary N) is 1. The van der Waals surface area contributed by atoms with E-state index in [4.69, 9.17) is 4.52 Å². The van der Waals surface area contributed by atoms with Crippen molar-refractivity contribution in [2.24, 2.45) is 0 Å². The van der Waals surface area contributed by atoms with Crippen LogP contribution in [0.2, 0.25) is 0 Å². The maximum Gasteiger partial charge on any atom is 0.315 e. The van der Waals surface area contributed by atoms with Crippen molar-refractivity contribution < 1.29 is 17.7 Å². The molecule has 2 heterocycles. The van der Waals surface area contributed by atoms with Crippen molar-refractivity contribution in [3.8, 4) is 0 Å². The normalized spacial score (nSPS) is 15.5. The molecule has 9 heteroatoms. The fourth-order valence-electron chi connectivity index (χ4n) is 3.74. The third-order valence-electron chi connectivity index (χ3n) is 5.53. The molecule has 0 saturated carbocycles. The number of carbonyl (C=O) groups excluding carboxylic acids is 1. The molecule has 0 unspecified atom stereocenters. The highest BCUT2D eigenvalue weighted by atomic mass is 32.2. The lowest BCUT2D eigenvalue weighted by molar-refractivity contribution is 0.0865. The average Bonchev–Trinajstić information content (AvgIpc) is 3.30. The molecule has 1 amide bonds. The molecule has 1 aliphatic rings. The van der Waals surface area contributed by atoms with E-state index in [0.717, 1.165) is 32.5 Å². The van der Waals surface area contributed by atoms with Gasteiger partial charge in [0.1, 0.15) is 0 Å². The van der Waals surface area contributed by atoms with Crippen LogP contribution in [-0.2, 0) is 22.8 Å². The number of hydrogen-bond acceptors (Lipinski definition) is 7. The summed E-state index contributed by atoms with van der Waals surface area (Å²) >= 11 is 0. The molecule has 0 aliphatic carbocycles. The Hall–Kier alpha value is -3.04. The van der Waals surface area contributed by atoms with Crippen LogP contribution in [0.3, 0.4) is 0 Å². The Balaban J connectivity index is 1.24. The van der Waals surface area contributed by atoms with Crippen LogP contribution in [0.15, 0.2) is 70.1 Å². The number of piperidine rings is 1. The number of likely N-dealkylation sites (tertiary alicyclic amines) is 1. The number of hydrogen-bond donors (Lipinski definition) is 1. The monoisotopic (exact) mass is 454 g/mol. The van der Waals surface area contributed by atoms with Gasteiger partial charge in [-0.25, -0.2) is 8.42 Å². The first-order valence-corrected chi connectivity index (χ1v) is 12.3. The third-order valence-corrected chi connectivity index (χ3v) is 7.26. The molecule has 2 aromatic carbocycles. The van der Waals surface area contributed by atoms with Gasteiger partial charge in [-0.05, 0) is 30.5 Å². The second-order valence-electron chi connectivity index (χ2n) is 7.91. The maximum atomic E-state index is 12.5. The second-order valence-corrected chi connectivity index (χ2v) is 10.0. The van der Waals surface area contributed by atoms with Crippen LogP contribution in [0.5, 0.6) is 0 Å². The Morgan fingerprint density at radius 1 is 1.03 bits per heavy atom. The topological polar surface area (TPSA) is 105 Å². The molecular weight excluding hydrogens is 428 g/mol. The smallest absolute Gasteiger partial charge is 0.315 e. The Kier molecular flexibility index (Phi) is 6.96. The Morgan fingerprint density at radius 3 is 2.38 bits per heavy atom. The molecule has 8 nitrogen and oxygen atoms in total.